The van der Waals surface area contributed by atoms with Gasteiger partial charge in [0.2, 0.25) is 0 Å². The van der Waals surface area contributed by atoms with Gasteiger partial charge < -0.3 is 4.74 Å². The lowest BCUT2D eigenvalue weighted by Gasteiger charge is -2.56. The van der Waals surface area contributed by atoms with Crippen LogP contribution in [0.4, 0.5) is 0 Å². The summed E-state index contributed by atoms with van der Waals surface area (Å²) in [6, 6.07) is 0.375. The van der Waals surface area contributed by atoms with Crippen LogP contribution in [0.1, 0.15) is 32.1 Å². The molecule has 4 bridgehead atoms. The molecule has 92 valence electrons. The minimum Gasteiger partial charge on any atom is -0.383 e. The average molecular weight is 224 g/mol. The summed E-state index contributed by atoms with van der Waals surface area (Å²) in [4.78, 5) is 0. The fourth-order valence-electron chi connectivity index (χ4n) is 5.07. The largest absolute Gasteiger partial charge is 0.383 e. The van der Waals surface area contributed by atoms with E-state index in [1.165, 1.54) is 32.1 Å². The second kappa shape index (κ2) is 4.28. The first kappa shape index (κ1) is 11.0. The molecule has 0 aromatic carbocycles. The summed E-state index contributed by atoms with van der Waals surface area (Å²) >= 11 is 0. The topological polar surface area (TPSA) is 47.3 Å². The third-order valence-corrected chi connectivity index (χ3v) is 5.32. The van der Waals surface area contributed by atoms with Crippen LogP contribution in [-0.4, -0.2) is 19.8 Å². The molecule has 1 atom stereocenters. The van der Waals surface area contributed by atoms with Crippen molar-refractivity contribution in [3.63, 3.8) is 0 Å². The van der Waals surface area contributed by atoms with E-state index in [1.807, 2.05) is 0 Å². The van der Waals surface area contributed by atoms with Crippen LogP contribution in [0.2, 0.25) is 0 Å². The standard InChI is InChI=1S/C13H24N2O/c1-16-7-12(15-14)13-10-3-8-2-9(5-10)6-11(13)4-8/h8-13,15H,2-7,14H2,1H3. The fourth-order valence-corrected chi connectivity index (χ4v) is 5.07. The van der Waals surface area contributed by atoms with Gasteiger partial charge in [0.15, 0.2) is 0 Å². The maximum Gasteiger partial charge on any atom is 0.0632 e. The molecule has 4 aliphatic carbocycles. The van der Waals surface area contributed by atoms with Gasteiger partial charge in [0.05, 0.1) is 6.61 Å². The van der Waals surface area contributed by atoms with Gasteiger partial charge in [-0.05, 0) is 61.7 Å². The van der Waals surface area contributed by atoms with Crippen LogP contribution in [0.25, 0.3) is 0 Å². The highest BCUT2D eigenvalue weighted by atomic mass is 16.5. The van der Waals surface area contributed by atoms with Gasteiger partial charge in [-0.3, -0.25) is 11.3 Å². The van der Waals surface area contributed by atoms with Crippen molar-refractivity contribution in [2.75, 3.05) is 13.7 Å². The molecule has 0 aromatic heterocycles. The van der Waals surface area contributed by atoms with Crippen molar-refractivity contribution in [1.29, 1.82) is 0 Å². The molecule has 4 saturated carbocycles. The zero-order valence-electron chi connectivity index (χ0n) is 10.2. The van der Waals surface area contributed by atoms with E-state index in [1.54, 1.807) is 7.11 Å². The van der Waals surface area contributed by atoms with E-state index in [9.17, 15) is 0 Å². The van der Waals surface area contributed by atoms with Crippen molar-refractivity contribution in [2.24, 2.45) is 35.4 Å². The summed E-state index contributed by atoms with van der Waals surface area (Å²) in [6.07, 6.45) is 7.35. The van der Waals surface area contributed by atoms with Crippen LogP contribution < -0.4 is 11.3 Å². The maximum absolute atomic E-state index is 5.71. The number of hydrogen-bond acceptors (Lipinski definition) is 3. The van der Waals surface area contributed by atoms with Crippen LogP contribution in [0.3, 0.4) is 0 Å². The molecular weight excluding hydrogens is 200 g/mol. The molecule has 3 heteroatoms. The Hall–Kier alpha value is -0.120. The summed E-state index contributed by atoms with van der Waals surface area (Å²) < 4.78 is 5.31. The number of ether oxygens (including phenoxy) is 1. The van der Waals surface area contributed by atoms with Gasteiger partial charge >= 0.3 is 0 Å². The number of rotatable bonds is 4. The van der Waals surface area contributed by atoms with Crippen LogP contribution in [0, 0.1) is 29.6 Å². The highest BCUT2D eigenvalue weighted by Crippen LogP contribution is 2.57. The smallest absolute Gasteiger partial charge is 0.0632 e. The molecule has 0 saturated heterocycles. The molecule has 1 unspecified atom stereocenters. The molecule has 0 radical (unpaired) electrons. The first-order valence-corrected chi connectivity index (χ1v) is 6.77. The van der Waals surface area contributed by atoms with E-state index < -0.39 is 0 Å². The minimum absolute atomic E-state index is 0.375. The van der Waals surface area contributed by atoms with E-state index in [-0.39, 0.29) is 0 Å². The van der Waals surface area contributed by atoms with E-state index >= 15 is 0 Å². The Morgan fingerprint density at radius 2 is 1.69 bits per heavy atom. The van der Waals surface area contributed by atoms with Gasteiger partial charge in [0.1, 0.15) is 0 Å². The second-order valence-electron chi connectivity index (χ2n) is 6.24. The number of hydrogen-bond donors (Lipinski definition) is 2. The average Bonchev–Trinajstić information content (AvgIpc) is 2.26. The zero-order valence-corrected chi connectivity index (χ0v) is 10.2. The van der Waals surface area contributed by atoms with E-state index in [0.717, 1.165) is 36.2 Å². The molecule has 16 heavy (non-hydrogen) atoms. The third kappa shape index (κ3) is 1.69. The van der Waals surface area contributed by atoms with Crippen molar-refractivity contribution < 1.29 is 4.74 Å². The van der Waals surface area contributed by atoms with Gasteiger partial charge in [-0.25, -0.2) is 0 Å². The summed E-state index contributed by atoms with van der Waals surface area (Å²) in [6.45, 7) is 0.767. The molecule has 3 nitrogen and oxygen atoms in total. The minimum atomic E-state index is 0.375. The Morgan fingerprint density at radius 3 is 2.12 bits per heavy atom. The van der Waals surface area contributed by atoms with Gasteiger partial charge in [0, 0.05) is 13.2 Å². The number of hydrazine groups is 1. The molecule has 0 aliphatic heterocycles. The van der Waals surface area contributed by atoms with Crippen LogP contribution in [0.15, 0.2) is 0 Å². The highest BCUT2D eigenvalue weighted by molar-refractivity contribution is 5.01. The van der Waals surface area contributed by atoms with Crippen molar-refractivity contribution in [2.45, 2.75) is 38.1 Å². The van der Waals surface area contributed by atoms with Gasteiger partial charge in [-0.2, -0.15) is 0 Å². The predicted molar refractivity (Wildman–Crippen MR) is 63.5 cm³/mol. The Balaban J connectivity index is 1.75. The normalized spacial score (nSPS) is 47.2. The molecular formula is C13H24N2O. The van der Waals surface area contributed by atoms with Gasteiger partial charge in [-0.1, -0.05) is 0 Å². The van der Waals surface area contributed by atoms with E-state index in [0.29, 0.717) is 6.04 Å². The van der Waals surface area contributed by atoms with Crippen LogP contribution in [-0.2, 0) is 4.74 Å². The lowest BCUT2D eigenvalue weighted by molar-refractivity contribution is -0.0618. The van der Waals surface area contributed by atoms with Crippen LogP contribution in [0.5, 0.6) is 0 Å². The Labute approximate surface area is 98.1 Å². The molecule has 0 amide bonds. The molecule has 4 rings (SSSR count). The van der Waals surface area contributed by atoms with E-state index in [2.05, 4.69) is 5.43 Å². The predicted octanol–water partition coefficient (Wildman–Crippen LogP) is 1.54. The van der Waals surface area contributed by atoms with Crippen LogP contribution >= 0.6 is 0 Å². The maximum atomic E-state index is 5.71. The summed E-state index contributed by atoms with van der Waals surface area (Å²) in [5.41, 5.74) is 3.01. The van der Waals surface area contributed by atoms with Crippen molar-refractivity contribution >= 4 is 0 Å². The Kier molecular flexibility index (Phi) is 2.94. The zero-order chi connectivity index (χ0) is 11.1. The molecule has 4 aliphatic rings. The van der Waals surface area contributed by atoms with Gasteiger partial charge in [0.25, 0.3) is 0 Å². The first-order chi connectivity index (χ1) is 7.81. The number of nitrogens with one attached hydrogen (secondary N) is 1. The Bertz CT molecular complexity index is 226. The third-order valence-electron chi connectivity index (χ3n) is 5.32. The summed E-state index contributed by atoms with van der Waals surface area (Å²) in [7, 11) is 1.78. The second-order valence-corrected chi connectivity index (χ2v) is 6.24. The molecule has 3 N–H and O–H groups in total. The van der Waals surface area contributed by atoms with Crippen molar-refractivity contribution in [3.05, 3.63) is 0 Å². The molecule has 0 heterocycles. The molecule has 0 spiro atoms. The van der Waals surface area contributed by atoms with Gasteiger partial charge in [-0.15, -0.1) is 0 Å². The SMILES string of the molecule is COCC(NN)C1C2CC3CC(C2)CC1C3. The fraction of sp³-hybridized carbons (Fsp3) is 1.00. The molecule has 0 aromatic rings. The molecule has 4 fully saturated rings. The number of nitrogens with two attached hydrogens (primary N) is 1. The monoisotopic (exact) mass is 224 g/mol. The van der Waals surface area contributed by atoms with Crippen molar-refractivity contribution in [3.8, 4) is 0 Å². The summed E-state index contributed by atoms with van der Waals surface area (Å²) in [5, 5.41) is 0. The first-order valence-electron chi connectivity index (χ1n) is 6.77. The van der Waals surface area contributed by atoms with Crippen molar-refractivity contribution in [1.82, 2.24) is 5.43 Å². The quantitative estimate of drug-likeness (QED) is 0.562. The lowest BCUT2D eigenvalue weighted by atomic mass is 9.50. The van der Waals surface area contributed by atoms with E-state index in [4.69, 9.17) is 10.6 Å². The number of methoxy groups -OCH3 is 1. The Morgan fingerprint density at radius 1 is 1.12 bits per heavy atom. The lowest BCUT2D eigenvalue weighted by Crippen LogP contribution is -2.55. The highest BCUT2D eigenvalue weighted by Gasteiger charge is 2.50. The summed E-state index contributed by atoms with van der Waals surface area (Å²) in [5.74, 6) is 10.4.